The van der Waals surface area contributed by atoms with Crippen LogP contribution < -0.4 is 10.3 Å². The molecule has 20 heavy (non-hydrogen) atoms. The summed E-state index contributed by atoms with van der Waals surface area (Å²) in [7, 11) is -3.65. The molecule has 0 bridgehead atoms. The van der Waals surface area contributed by atoms with Crippen molar-refractivity contribution in [1.29, 1.82) is 0 Å². The van der Waals surface area contributed by atoms with Gasteiger partial charge in [-0.3, -0.25) is 4.72 Å². The van der Waals surface area contributed by atoms with E-state index in [0.717, 1.165) is 0 Å². The molecule has 102 valence electrons. The molecule has 0 saturated heterocycles. The van der Waals surface area contributed by atoms with Gasteiger partial charge in [-0.25, -0.2) is 13.2 Å². The lowest BCUT2D eigenvalue weighted by molar-refractivity contribution is 0.560. The summed E-state index contributed by atoms with van der Waals surface area (Å²) in [6.07, 6.45) is 0. The second-order valence-corrected chi connectivity index (χ2v) is 6.53. The number of hydrogen-bond acceptors (Lipinski definition) is 5. The molecule has 1 aromatic carbocycles. The summed E-state index contributed by atoms with van der Waals surface area (Å²) in [5.41, 5.74) is 0.408. The Morgan fingerprint density at radius 2 is 1.95 bits per heavy atom. The number of fused-ring (bicyclic) bond motifs is 1. The zero-order chi connectivity index (χ0) is 14.2. The fourth-order valence-electron chi connectivity index (χ4n) is 1.75. The van der Waals surface area contributed by atoms with E-state index >= 15 is 0 Å². The summed E-state index contributed by atoms with van der Waals surface area (Å²) in [5, 5.41) is 4.04. The molecule has 5 nitrogen and oxygen atoms in total. The monoisotopic (exact) mass is 307 g/mol. The Morgan fingerprint density at radius 1 is 1.10 bits per heavy atom. The molecule has 0 aliphatic carbocycles. The van der Waals surface area contributed by atoms with Crippen LogP contribution in [0.1, 0.15) is 0 Å². The minimum Gasteiger partial charge on any atom is -0.423 e. The summed E-state index contributed by atoms with van der Waals surface area (Å²) in [4.78, 5) is 11.2. The number of thiophene rings is 1. The summed E-state index contributed by atoms with van der Waals surface area (Å²) < 4.78 is 31.9. The zero-order valence-corrected chi connectivity index (χ0v) is 11.7. The molecule has 0 aliphatic heterocycles. The summed E-state index contributed by atoms with van der Waals surface area (Å²) in [5.74, 6) is 0. The van der Waals surface area contributed by atoms with E-state index in [4.69, 9.17) is 4.42 Å². The van der Waals surface area contributed by atoms with Gasteiger partial charge in [0.2, 0.25) is 0 Å². The van der Waals surface area contributed by atoms with Gasteiger partial charge >= 0.3 is 5.63 Å². The summed E-state index contributed by atoms with van der Waals surface area (Å²) in [6.45, 7) is 0. The van der Waals surface area contributed by atoms with Gasteiger partial charge < -0.3 is 4.42 Å². The Balaban J connectivity index is 2.05. The van der Waals surface area contributed by atoms with E-state index in [9.17, 15) is 13.2 Å². The molecule has 0 fully saturated rings. The van der Waals surface area contributed by atoms with Crippen LogP contribution in [0.5, 0.6) is 0 Å². The van der Waals surface area contributed by atoms with E-state index in [0.29, 0.717) is 16.7 Å². The molecule has 1 N–H and O–H groups in total. The third-order valence-electron chi connectivity index (χ3n) is 2.67. The first-order valence-corrected chi connectivity index (χ1v) is 8.06. The number of hydrogen-bond donors (Lipinski definition) is 1. The van der Waals surface area contributed by atoms with Crippen LogP contribution in [0.2, 0.25) is 0 Å². The third kappa shape index (κ3) is 2.45. The van der Waals surface area contributed by atoms with Gasteiger partial charge in [-0.1, -0.05) is 0 Å². The Hall–Kier alpha value is -2.12. The van der Waals surface area contributed by atoms with E-state index in [1.807, 2.05) is 0 Å². The molecule has 0 saturated carbocycles. The molecule has 0 unspecified atom stereocenters. The van der Waals surface area contributed by atoms with Crippen LogP contribution in [0.25, 0.3) is 11.0 Å². The maximum Gasteiger partial charge on any atom is 0.336 e. The highest BCUT2D eigenvalue weighted by atomic mass is 32.2. The highest BCUT2D eigenvalue weighted by Crippen LogP contribution is 2.21. The van der Waals surface area contributed by atoms with E-state index in [1.165, 1.54) is 41.7 Å². The van der Waals surface area contributed by atoms with E-state index in [2.05, 4.69) is 4.72 Å². The predicted octanol–water partition coefficient (Wildman–Crippen LogP) is 2.66. The number of rotatable bonds is 3. The maximum absolute atomic E-state index is 12.2. The van der Waals surface area contributed by atoms with Crippen molar-refractivity contribution in [1.82, 2.24) is 0 Å². The van der Waals surface area contributed by atoms with Crippen molar-refractivity contribution < 1.29 is 12.8 Å². The SMILES string of the molecule is O=c1ccc2cc(S(=O)(=O)Nc3ccsc3)ccc2o1. The van der Waals surface area contributed by atoms with Crippen molar-refractivity contribution >= 4 is 38.0 Å². The quantitative estimate of drug-likeness (QED) is 0.755. The molecule has 7 heteroatoms. The van der Waals surface area contributed by atoms with Crippen molar-refractivity contribution in [3.8, 4) is 0 Å². The molecule has 0 radical (unpaired) electrons. The normalized spacial score (nSPS) is 11.6. The van der Waals surface area contributed by atoms with Crippen LogP contribution in [0.3, 0.4) is 0 Å². The molecule has 2 heterocycles. The summed E-state index contributed by atoms with van der Waals surface area (Å²) in [6, 6.07) is 8.81. The van der Waals surface area contributed by atoms with Crippen molar-refractivity contribution in [3.63, 3.8) is 0 Å². The van der Waals surface area contributed by atoms with E-state index in [1.54, 1.807) is 16.8 Å². The van der Waals surface area contributed by atoms with Crippen molar-refractivity contribution in [2.45, 2.75) is 4.90 Å². The first-order valence-electron chi connectivity index (χ1n) is 5.63. The largest absolute Gasteiger partial charge is 0.423 e. The van der Waals surface area contributed by atoms with Crippen LogP contribution in [0, 0.1) is 0 Å². The Bertz CT molecular complexity index is 911. The highest BCUT2D eigenvalue weighted by molar-refractivity contribution is 7.92. The predicted molar refractivity (Wildman–Crippen MR) is 77.6 cm³/mol. The Kier molecular flexibility index (Phi) is 3.07. The van der Waals surface area contributed by atoms with Gasteiger partial charge in [0.1, 0.15) is 5.58 Å². The molecule has 3 aromatic rings. The van der Waals surface area contributed by atoms with Gasteiger partial charge in [0.25, 0.3) is 10.0 Å². The molecule has 0 amide bonds. The first kappa shape index (κ1) is 12.9. The van der Waals surface area contributed by atoms with Crippen molar-refractivity contribution in [3.05, 3.63) is 57.6 Å². The number of sulfonamides is 1. The number of anilines is 1. The van der Waals surface area contributed by atoms with E-state index < -0.39 is 15.6 Å². The topological polar surface area (TPSA) is 76.4 Å². The highest BCUT2D eigenvalue weighted by Gasteiger charge is 2.15. The van der Waals surface area contributed by atoms with Crippen LogP contribution in [0.4, 0.5) is 5.69 Å². The van der Waals surface area contributed by atoms with Gasteiger partial charge in [-0.15, -0.1) is 0 Å². The molecular formula is C13H9NO4S2. The molecule has 0 aliphatic rings. The standard InChI is InChI=1S/C13H9NO4S2/c15-13-4-1-9-7-11(2-3-12(9)18-13)20(16,17)14-10-5-6-19-8-10/h1-8,14H. The van der Waals surface area contributed by atoms with E-state index in [-0.39, 0.29) is 4.90 Å². The smallest absolute Gasteiger partial charge is 0.336 e. The fraction of sp³-hybridized carbons (Fsp3) is 0. The molecule has 2 aromatic heterocycles. The molecular weight excluding hydrogens is 298 g/mol. The lowest BCUT2D eigenvalue weighted by atomic mass is 10.2. The molecule has 3 rings (SSSR count). The maximum atomic E-state index is 12.2. The fourth-order valence-corrected chi connectivity index (χ4v) is 3.50. The van der Waals surface area contributed by atoms with Gasteiger partial charge in [0.15, 0.2) is 0 Å². The molecule has 0 spiro atoms. The average molecular weight is 307 g/mol. The van der Waals surface area contributed by atoms with Crippen LogP contribution >= 0.6 is 11.3 Å². The zero-order valence-electron chi connectivity index (χ0n) is 10.1. The van der Waals surface area contributed by atoms with Gasteiger partial charge in [-0.05, 0) is 35.7 Å². The second-order valence-electron chi connectivity index (χ2n) is 4.07. The number of nitrogens with one attached hydrogen (secondary N) is 1. The van der Waals surface area contributed by atoms with Crippen LogP contribution in [-0.4, -0.2) is 8.42 Å². The Morgan fingerprint density at radius 3 is 2.70 bits per heavy atom. The Labute approximate surface area is 118 Å². The lowest BCUT2D eigenvalue weighted by Crippen LogP contribution is -2.12. The average Bonchev–Trinajstić information content (AvgIpc) is 2.90. The minimum atomic E-state index is -3.65. The van der Waals surface area contributed by atoms with Gasteiger partial charge in [-0.2, -0.15) is 11.3 Å². The third-order valence-corrected chi connectivity index (χ3v) is 4.74. The summed E-state index contributed by atoms with van der Waals surface area (Å²) >= 11 is 1.40. The van der Waals surface area contributed by atoms with Crippen molar-refractivity contribution in [2.24, 2.45) is 0 Å². The number of benzene rings is 1. The molecule has 0 atom stereocenters. The van der Waals surface area contributed by atoms with Crippen LogP contribution in [0.15, 0.2) is 61.3 Å². The first-order chi connectivity index (χ1) is 9.54. The second kappa shape index (κ2) is 4.77. The van der Waals surface area contributed by atoms with Gasteiger partial charge in [0, 0.05) is 16.8 Å². The van der Waals surface area contributed by atoms with Gasteiger partial charge in [0.05, 0.1) is 10.6 Å². The van der Waals surface area contributed by atoms with Crippen molar-refractivity contribution in [2.75, 3.05) is 4.72 Å². The minimum absolute atomic E-state index is 0.116. The lowest BCUT2D eigenvalue weighted by Gasteiger charge is -2.06. The van der Waals surface area contributed by atoms with Crippen LogP contribution in [-0.2, 0) is 10.0 Å².